The molecule has 10 heteroatoms. The third kappa shape index (κ3) is 3.84. The number of aryl methyl sites for hydroxylation is 1. The molecule has 0 saturated carbocycles. The van der Waals surface area contributed by atoms with Gasteiger partial charge in [0.15, 0.2) is 11.3 Å². The van der Waals surface area contributed by atoms with Crippen molar-refractivity contribution in [1.82, 2.24) is 19.9 Å². The molecule has 1 aliphatic heterocycles. The fourth-order valence-corrected chi connectivity index (χ4v) is 3.43. The lowest BCUT2D eigenvalue weighted by Gasteiger charge is -2.28. The Balaban J connectivity index is 1.36. The van der Waals surface area contributed by atoms with Crippen LogP contribution in [0, 0.1) is 0 Å². The Hall–Kier alpha value is -3.82. The molecule has 1 fully saturated rings. The fourth-order valence-electron chi connectivity index (χ4n) is 3.43. The summed E-state index contributed by atoms with van der Waals surface area (Å²) in [6.07, 6.45) is 2.04. The van der Waals surface area contributed by atoms with Crippen LogP contribution < -0.4 is 11.1 Å². The smallest absolute Gasteiger partial charge is 0.419 e. The van der Waals surface area contributed by atoms with E-state index >= 15 is 0 Å². The maximum Gasteiger partial charge on any atom is 0.419 e. The van der Waals surface area contributed by atoms with Crippen molar-refractivity contribution in [3.63, 3.8) is 0 Å². The van der Waals surface area contributed by atoms with Gasteiger partial charge in [-0.15, -0.1) is 0 Å². The number of carbonyl (C=O) groups excluding carboxylic acids is 3. The largest absolute Gasteiger partial charge is 0.459 e. The average Bonchev–Trinajstić information content (AvgIpc) is 3.49. The van der Waals surface area contributed by atoms with E-state index in [9.17, 15) is 19.2 Å². The van der Waals surface area contributed by atoms with Crippen LogP contribution >= 0.6 is 0 Å². The number of nitrogens with zero attached hydrogens (tertiary/aromatic N) is 3. The summed E-state index contributed by atoms with van der Waals surface area (Å²) < 4.78 is 11.6. The number of rotatable bonds is 6. The lowest BCUT2D eigenvalue weighted by Crippen LogP contribution is -2.48. The molecule has 3 heterocycles. The summed E-state index contributed by atoms with van der Waals surface area (Å²) >= 11 is 0. The molecule has 10 nitrogen and oxygen atoms in total. The fraction of sp³-hybridized carbons (Fsp3) is 0.300. The highest BCUT2D eigenvalue weighted by molar-refractivity contribution is 5.94. The second-order valence-corrected chi connectivity index (χ2v) is 6.78. The zero-order valence-corrected chi connectivity index (χ0v) is 16.1. The van der Waals surface area contributed by atoms with Crippen LogP contribution in [0.15, 0.2) is 56.3 Å². The van der Waals surface area contributed by atoms with Gasteiger partial charge in [-0.3, -0.25) is 24.0 Å². The molecular formula is C20H20N4O6. The van der Waals surface area contributed by atoms with Crippen molar-refractivity contribution in [2.45, 2.75) is 19.4 Å². The average molecular weight is 412 g/mol. The van der Waals surface area contributed by atoms with Crippen molar-refractivity contribution in [3.8, 4) is 0 Å². The molecule has 2 aromatic heterocycles. The third-order valence-electron chi connectivity index (χ3n) is 4.88. The van der Waals surface area contributed by atoms with E-state index in [-0.39, 0.29) is 31.2 Å². The lowest BCUT2D eigenvalue weighted by atomic mass is 10.3. The second-order valence-electron chi connectivity index (χ2n) is 6.78. The van der Waals surface area contributed by atoms with Crippen LogP contribution in [0.4, 0.5) is 0 Å². The quantitative estimate of drug-likeness (QED) is 0.645. The van der Waals surface area contributed by atoms with Gasteiger partial charge < -0.3 is 14.2 Å². The molecule has 3 aromatic rings. The van der Waals surface area contributed by atoms with Crippen LogP contribution in [0.25, 0.3) is 11.1 Å². The zero-order chi connectivity index (χ0) is 21.1. The number of benzene rings is 1. The Labute approximate surface area is 170 Å². The van der Waals surface area contributed by atoms with E-state index in [1.807, 2.05) is 0 Å². The van der Waals surface area contributed by atoms with Gasteiger partial charge in [-0.2, -0.15) is 0 Å². The van der Waals surface area contributed by atoms with Gasteiger partial charge in [0.25, 0.3) is 11.8 Å². The van der Waals surface area contributed by atoms with Gasteiger partial charge in [-0.05, 0) is 30.7 Å². The number of nitrogens with one attached hydrogen (secondary N) is 1. The second kappa shape index (κ2) is 8.27. The summed E-state index contributed by atoms with van der Waals surface area (Å²) in [4.78, 5) is 49.2. The van der Waals surface area contributed by atoms with Gasteiger partial charge >= 0.3 is 5.76 Å². The number of hydrazine groups is 1. The van der Waals surface area contributed by atoms with E-state index < -0.39 is 17.6 Å². The predicted octanol–water partition coefficient (Wildman–Crippen LogP) is 0.984. The van der Waals surface area contributed by atoms with Crippen molar-refractivity contribution in [3.05, 3.63) is 59.0 Å². The molecule has 0 atom stereocenters. The number of fused-ring (bicyclic) bond motifs is 1. The number of aromatic nitrogens is 1. The maximum atomic E-state index is 12.7. The molecule has 0 spiro atoms. The normalized spacial score (nSPS) is 13.7. The van der Waals surface area contributed by atoms with Crippen LogP contribution in [0.1, 0.15) is 23.4 Å². The molecule has 4 rings (SSSR count). The van der Waals surface area contributed by atoms with Gasteiger partial charge in [0.2, 0.25) is 5.91 Å². The van der Waals surface area contributed by atoms with Gasteiger partial charge in [0.05, 0.1) is 18.3 Å². The highest BCUT2D eigenvalue weighted by atomic mass is 16.4. The molecule has 0 unspecified atom stereocenters. The third-order valence-corrected chi connectivity index (χ3v) is 4.88. The Kier molecular flexibility index (Phi) is 5.38. The maximum absolute atomic E-state index is 12.7. The summed E-state index contributed by atoms with van der Waals surface area (Å²) in [5, 5.41) is 5.19. The minimum Gasteiger partial charge on any atom is -0.459 e. The standard InChI is InChI=1S/C20H20N4O6/c25-17(8-11-22-14-5-1-2-6-15(14)30-20(22)28)23-9-4-10-24(23)18(26)13-21-19(27)16-7-3-12-29-16/h1-3,5-7,12H,4,8-11,13H2,(H,21,27). The number of carbonyl (C=O) groups is 3. The van der Waals surface area contributed by atoms with E-state index in [4.69, 9.17) is 8.83 Å². The first-order valence-corrected chi connectivity index (χ1v) is 9.55. The van der Waals surface area contributed by atoms with Gasteiger partial charge in [-0.25, -0.2) is 9.80 Å². The zero-order valence-electron chi connectivity index (χ0n) is 16.1. The summed E-state index contributed by atoms with van der Waals surface area (Å²) in [6.45, 7) is 0.672. The first-order valence-electron chi connectivity index (χ1n) is 9.55. The number of hydrogen-bond acceptors (Lipinski definition) is 6. The molecule has 1 N–H and O–H groups in total. The van der Waals surface area contributed by atoms with E-state index in [0.29, 0.717) is 30.6 Å². The number of furan rings is 1. The van der Waals surface area contributed by atoms with Gasteiger partial charge in [0.1, 0.15) is 0 Å². The summed E-state index contributed by atoms with van der Waals surface area (Å²) in [7, 11) is 0. The minimum absolute atomic E-state index is 0.0337. The Bertz CT molecular complexity index is 1130. The Morgan fingerprint density at radius 3 is 2.53 bits per heavy atom. The molecule has 3 amide bonds. The van der Waals surface area contributed by atoms with E-state index in [1.165, 1.54) is 26.9 Å². The van der Waals surface area contributed by atoms with Crippen LogP contribution in [0.3, 0.4) is 0 Å². The molecule has 1 aliphatic rings. The highest BCUT2D eigenvalue weighted by Crippen LogP contribution is 2.15. The lowest BCUT2D eigenvalue weighted by molar-refractivity contribution is -0.157. The minimum atomic E-state index is -0.529. The van der Waals surface area contributed by atoms with Crippen LogP contribution in [0.2, 0.25) is 0 Å². The van der Waals surface area contributed by atoms with Crippen molar-refractivity contribution < 1.29 is 23.2 Å². The molecular weight excluding hydrogens is 392 g/mol. The predicted molar refractivity (Wildman–Crippen MR) is 104 cm³/mol. The SMILES string of the molecule is O=C(NCC(=O)N1CCCN1C(=O)CCn1c(=O)oc2ccccc21)c1ccco1. The van der Waals surface area contributed by atoms with Gasteiger partial charge in [0, 0.05) is 26.1 Å². The highest BCUT2D eigenvalue weighted by Gasteiger charge is 2.30. The van der Waals surface area contributed by atoms with E-state index in [2.05, 4.69) is 5.32 Å². The molecule has 156 valence electrons. The monoisotopic (exact) mass is 412 g/mol. The van der Waals surface area contributed by atoms with Crippen molar-refractivity contribution in [1.29, 1.82) is 0 Å². The van der Waals surface area contributed by atoms with Crippen molar-refractivity contribution in [2.75, 3.05) is 19.6 Å². The summed E-state index contributed by atoms with van der Waals surface area (Å²) in [5.74, 6) is -1.60. The molecule has 0 bridgehead atoms. The topological polar surface area (TPSA) is 118 Å². The number of oxazole rings is 1. The molecule has 0 aliphatic carbocycles. The van der Waals surface area contributed by atoms with Crippen LogP contribution in [-0.2, 0) is 16.1 Å². The first-order chi connectivity index (χ1) is 14.5. The molecule has 1 saturated heterocycles. The van der Waals surface area contributed by atoms with E-state index in [1.54, 1.807) is 30.3 Å². The summed E-state index contributed by atoms with van der Waals surface area (Å²) in [5.41, 5.74) is 1.07. The first kappa shape index (κ1) is 19.5. The van der Waals surface area contributed by atoms with E-state index in [0.717, 1.165) is 0 Å². The van der Waals surface area contributed by atoms with Crippen molar-refractivity contribution in [2.24, 2.45) is 0 Å². The van der Waals surface area contributed by atoms with Crippen molar-refractivity contribution >= 4 is 28.8 Å². The number of amides is 3. The Morgan fingerprint density at radius 1 is 1.00 bits per heavy atom. The molecule has 30 heavy (non-hydrogen) atoms. The number of hydrogen-bond donors (Lipinski definition) is 1. The number of para-hydroxylation sites is 2. The van der Waals surface area contributed by atoms with Gasteiger partial charge in [-0.1, -0.05) is 12.1 Å². The summed E-state index contributed by atoms with van der Waals surface area (Å²) in [6, 6.07) is 10.1. The van der Waals surface area contributed by atoms with Crippen LogP contribution in [0.5, 0.6) is 0 Å². The van der Waals surface area contributed by atoms with Crippen LogP contribution in [-0.4, -0.2) is 51.9 Å². The Morgan fingerprint density at radius 2 is 1.77 bits per heavy atom. The molecule has 0 radical (unpaired) electrons. The molecule has 1 aromatic carbocycles.